The number of furan rings is 1. The van der Waals surface area contributed by atoms with E-state index in [0.29, 0.717) is 0 Å². The Morgan fingerprint density at radius 2 is 1.00 bits per heavy atom. The molecular formula is C58H38N2O. The van der Waals surface area contributed by atoms with Crippen LogP contribution in [0.4, 0.5) is 17.1 Å². The van der Waals surface area contributed by atoms with E-state index in [4.69, 9.17) is 4.42 Å². The molecular weight excluding hydrogens is 741 g/mol. The molecule has 0 atom stereocenters. The predicted octanol–water partition coefficient (Wildman–Crippen LogP) is 16.3. The Morgan fingerprint density at radius 1 is 0.361 bits per heavy atom. The number of para-hydroxylation sites is 3. The lowest BCUT2D eigenvalue weighted by atomic mass is 9.95. The second-order valence-electron chi connectivity index (χ2n) is 15.6. The molecule has 12 rings (SSSR count). The number of hydrogen-bond donors (Lipinski definition) is 0. The molecule has 0 unspecified atom stereocenters. The van der Waals surface area contributed by atoms with Crippen molar-refractivity contribution in [2.45, 2.75) is 0 Å². The fraction of sp³-hybridized carbons (Fsp3) is 0. The quantitative estimate of drug-likeness (QED) is 0.161. The first-order chi connectivity index (χ1) is 30.3. The molecule has 0 aliphatic rings. The van der Waals surface area contributed by atoms with Crippen LogP contribution in [-0.4, -0.2) is 4.57 Å². The molecule has 0 spiro atoms. The minimum atomic E-state index is 0.885. The summed E-state index contributed by atoms with van der Waals surface area (Å²) >= 11 is 0. The minimum Gasteiger partial charge on any atom is -0.455 e. The lowest BCUT2D eigenvalue weighted by molar-refractivity contribution is 0.673. The Labute approximate surface area is 353 Å². The van der Waals surface area contributed by atoms with Gasteiger partial charge < -0.3 is 13.9 Å². The molecule has 0 amide bonds. The molecule has 0 aliphatic carbocycles. The molecule has 0 saturated heterocycles. The van der Waals surface area contributed by atoms with Crippen molar-refractivity contribution in [1.82, 2.24) is 4.57 Å². The number of rotatable bonds is 7. The highest BCUT2D eigenvalue weighted by atomic mass is 16.3. The van der Waals surface area contributed by atoms with E-state index < -0.39 is 0 Å². The molecule has 0 bridgehead atoms. The molecule has 10 aromatic carbocycles. The van der Waals surface area contributed by atoms with Crippen LogP contribution >= 0.6 is 0 Å². The highest BCUT2D eigenvalue weighted by Gasteiger charge is 2.22. The molecule has 61 heavy (non-hydrogen) atoms. The Hall–Kier alpha value is -8.14. The molecule has 0 fully saturated rings. The van der Waals surface area contributed by atoms with Gasteiger partial charge in [-0.3, -0.25) is 0 Å². The fourth-order valence-corrected chi connectivity index (χ4v) is 9.46. The van der Waals surface area contributed by atoms with Crippen LogP contribution in [0.15, 0.2) is 235 Å². The zero-order valence-corrected chi connectivity index (χ0v) is 33.2. The highest BCUT2D eigenvalue weighted by molar-refractivity contribution is 6.19. The standard InChI is InChI=1S/C58H38N2O/c1-3-16-39(17-4-1)40-32-35-44(36-33-40)59(45-22-13-19-42(38-45)46-26-15-31-55-57(46)51-37-34-41-18-7-8-23-47(41)58(51)61-55)52-28-11-9-24-48(52)49-27-14-30-54-56(49)50-25-10-12-29-53(50)60(54)43-20-5-2-6-21-43/h1-38H. The summed E-state index contributed by atoms with van der Waals surface area (Å²) in [7, 11) is 0. The van der Waals surface area contributed by atoms with Crippen LogP contribution in [0.3, 0.4) is 0 Å². The summed E-state index contributed by atoms with van der Waals surface area (Å²) in [5.41, 5.74) is 15.5. The largest absolute Gasteiger partial charge is 0.455 e. The fourth-order valence-electron chi connectivity index (χ4n) is 9.46. The average Bonchev–Trinajstić information content (AvgIpc) is 3.89. The summed E-state index contributed by atoms with van der Waals surface area (Å²) in [5.74, 6) is 0. The number of anilines is 3. The number of hydrogen-bond acceptors (Lipinski definition) is 2. The van der Waals surface area contributed by atoms with Crippen molar-refractivity contribution in [3.8, 4) is 39.1 Å². The van der Waals surface area contributed by atoms with Crippen molar-refractivity contribution in [2.75, 3.05) is 4.90 Å². The minimum absolute atomic E-state index is 0.885. The number of aromatic nitrogens is 1. The van der Waals surface area contributed by atoms with Crippen LogP contribution in [0.2, 0.25) is 0 Å². The van der Waals surface area contributed by atoms with Crippen molar-refractivity contribution < 1.29 is 4.42 Å². The Bertz CT molecular complexity index is 3580. The van der Waals surface area contributed by atoms with Gasteiger partial charge in [0.25, 0.3) is 0 Å². The first-order valence-corrected chi connectivity index (χ1v) is 20.8. The van der Waals surface area contributed by atoms with E-state index >= 15 is 0 Å². The van der Waals surface area contributed by atoms with Gasteiger partial charge in [-0.2, -0.15) is 0 Å². The molecule has 0 N–H and O–H groups in total. The molecule has 2 aromatic heterocycles. The van der Waals surface area contributed by atoms with Gasteiger partial charge in [-0.25, -0.2) is 0 Å². The summed E-state index contributed by atoms with van der Waals surface area (Å²) < 4.78 is 9.03. The number of benzene rings is 10. The number of fused-ring (bicyclic) bond motifs is 8. The maximum atomic E-state index is 6.64. The van der Waals surface area contributed by atoms with Crippen LogP contribution in [-0.2, 0) is 0 Å². The van der Waals surface area contributed by atoms with Crippen LogP contribution in [0, 0.1) is 0 Å². The zero-order chi connectivity index (χ0) is 40.3. The van der Waals surface area contributed by atoms with Gasteiger partial charge in [0.2, 0.25) is 0 Å². The summed E-state index contributed by atoms with van der Waals surface area (Å²) in [6.45, 7) is 0. The molecule has 3 nitrogen and oxygen atoms in total. The van der Waals surface area contributed by atoms with E-state index in [1.807, 2.05) is 0 Å². The van der Waals surface area contributed by atoms with Gasteiger partial charge >= 0.3 is 0 Å². The third-order valence-corrected chi connectivity index (χ3v) is 12.2. The maximum absolute atomic E-state index is 6.64. The van der Waals surface area contributed by atoms with Gasteiger partial charge in [0.1, 0.15) is 11.2 Å². The maximum Gasteiger partial charge on any atom is 0.143 e. The molecule has 0 aliphatic heterocycles. The molecule has 3 heteroatoms. The SMILES string of the molecule is c1ccc(-c2ccc(N(c3cccc(-c4cccc5oc6c7ccccc7ccc6c45)c3)c3ccccc3-c3cccc4c3c3ccccc3n4-c3ccccc3)cc2)cc1. The van der Waals surface area contributed by atoms with Gasteiger partial charge in [-0.15, -0.1) is 0 Å². The molecule has 2 heterocycles. The molecule has 12 aromatic rings. The topological polar surface area (TPSA) is 21.3 Å². The summed E-state index contributed by atoms with van der Waals surface area (Å²) in [5, 5.41) is 7.00. The van der Waals surface area contributed by atoms with E-state index in [0.717, 1.165) is 66.8 Å². The van der Waals surface area contributed by atoms with Crippen LogP contribution in [0.1, 0.15) is 0 Å². The summed E-state index contributed by atoms with van der Waals surface area (Å²) in [4.78, 5) is 2.42. The summed E-state index contributed by atoms with van der Waals surface area (Å²) in [6, 6.07) is 82.9. The zero-order valence-electron chi connectivity index (χ0n) is 33.2. The first kappa shape index (κ1) is 34.9. The first-order valence-electron chi connectivity index (χ1n) is 20.8. The predicted molar refractivity (Wildman–Crippen MR) is 257 cm³/mol. The van der Waals surface area contributed by atoms with Gasteiger partial charge in [-0.1, -0.05) is 164 Å². The van der Waals surface area contributed by atoms with Crippen LogP contribution in [0.25, 0.3) is 93.6 Å². The lowest BCUT2D eigenvalue weighted by Crippen LogP contribution is -2.11. The highest BCUT2D eigenvalue weighted by Crippen LogP contribution is 2.47. The van der Waals surface area contributed by atoms with Gasteiger partial charge in [0, 0.05) is 49.6 Å². The van der Waals surface area contributed by atoms with Crippen molar-refractivity contribution in [3.63, 3.8) is 0 Å². The molecule has 286 valence electrons. The smallest absolute Gasteiger partial charge is 0.143 e. The van der Waals surface area contributed by atoms with E-state index in [1.54, 1.807) is 0 Å². The normalized spacial score (nSPS) is 11.6. The van der Waals surface area contributed by atoms with Crippen LogP contribution < -0.4 is 4.90 Å². The van der Waals surface area contributed by atoms with Crippen LogP contribution in [0.5, 0.6) is 0 Å². The Kier molecular flexibility index (Phi) is 8.17. The van der Waals surface area contributed by atoms with Gasteiger partial charge in [0.05, 0.1) is 16.7 Å². The second-order valence-corrected chi connectivity index (χ2v) is 15.6. The molecule has 0 radical (unpaired) electrons. The van der Waals surface area contributed by atoms with E-state index in [1.165, 1.54) is 43.9 Å². The Balaban J connectivity index is 1.08. The third kappa shape index (κ3) is 5.74. The monoisotopic (exact) mass is 778 g/mol. The van der Waals surface area contributed by atoms with Crippen molar-refractivity contribution in [1.29, 1.82) is 0 Å². The van der Waals surface area contributed by atoms with E-state index in [2.05, 4.69) is 240 Å². The lowest BCUT2D eigenvalue weighted by Gasteiger charge is -2.29. The van der Waals surface area contributed by atoms with Crippen molar-refractivity contribution in [2.24, 2.45) is 0 Å². The Morgan fingerprint density at radius 3 is 1.87 bits per heavy atom. The van der Waals surface area contributed by atoms with E-state index in [-0.39, 0.29) is 0 Å². The number of nitrogens with zero attached hydrogens (tertiary/aromatic N) is 2. The average molecular weight is 779 g/mol. The summed E-state index contributed by atoms with van der Waals surface area (Å²) in [6.07, 6.45) is 0. The van der Waals surface area contributed by atoms with Gasteiger partial charge in [-0.05, 0) is 99.9 Å². The van der Waals surface area contributed by atoms with Gasteiger partial charge in [0.15, 0.2) is 0 Å². The van der Waals surface area contributed by atoms with Crippen molar-refractivity contribution >= 4 is 71.6 Å². The third-order valence-electron chi connectivity index (χ3n) is 12.2. The van der Waals surface area contributed by atoms with Crippen molar-refractivity contribution in [3.05, 3.63) is 231 Å². The second kappa shape index (κ2) is 14.3. The van der Waals surface area contributed by atoms with E-state index in [9.17, 15) is 0 Å². The molecule has 0 saturated carbocycles.